The Kier molecular flexibility index (Phi) is 6.22. The molecule has 0 aliphatic rings. The first-order chi connectivity index (χ1) is 11.9. The van der Waals surface area contributed by atoms with Crippen LogP contribution < -0.4 is 16.0 Å². The Morgan fingerprint density at radius 2 is 1.40 bits per heavy atom. The summed E-state index contributed by atoms with van der Waals surface area (Å²) < 4.78 is 12.8. The highest BCUT2D eigenvalue weighted by Crippen LogP contribution is 2.13. The third-order valence-electron chi connectivity index (χ3n) is 3.21. The van der Waals surface area contributed by atoms with E-state index in [1.165, 1.54) is 31.2 Å². The molecule has 130 valence electrons. The second-order valence-corrected chi connectivity index (χ2v) is 5.39. The number of benzene rings is 2. The maximum atomic E-state index is 12.8. The van der Waals surface area contributed by atoms with Gasteiger partial charge in [-0.05, 0) is 42.0 Å². The first-order valence-electron chi connectivity index (χ1n) is 7.61. The lowest BCUT2D eigenvalue weighted by molar-refractivity contribution is -0.123. The molecule has 3 N–H and O–H groups in total. The highest BCUT2D eigenvalue weighted by Gasteiger charge is 2.07. The fourth-order valence-corrected chi connectivity index (χ4v) is 2.07. The minimum Gasteiger partial charge on any atom is -0.347 e. The molecule has 0 atom stereocenters. The van der Waals surface area contributed by atoms with Crippen molar-refractivity contribution in [3.63, 3.8) is 0 Å². The van der Waals surface area contributed by atoms with E-state index in [9.17, 15) is 18.8 Å². The van der Waals surface area contributed by atoms with Crippen LogP contribution in [-0.4, -0.2) is 24.3 Å². The number of halogens is 1. The molecular formula is C18H18FN3O3. The van der Waals surface area contributed by atoms with Gasteiger partial charge in [0.2, 0.25) is 17.7 Å². The number of carbonyl (C=O) groups excluding carboxylic acids is 3. The Balaban J connectivity index is 1.77. The molecule has 6 nitrogen and oxygen atoms in total. The molecule has 0 aromatic heterocycles. The molecule has 0 saturated carbocycles. The summed E-state index contributed by atoms with van der Waals surface area (Å²) >= 11 is 0. The van der Waals surface area contributed by atoms with Crippen molar-refractivity contribution in [1.82, 2.24) is 5.32 Å². The molecule has 7 heteroatoms. The summed E-state index contributed by atoms with van der Waals surface area (Å²) in [6.45, 7) is 1.23. The molecule has 0 heterocycles. The Hall–Kier alpha value is -3.22. The topological polar surface area (TPSA) is 87.3 Å². The van der Waals surface area contributed by atoms with Crippen molar-refractivity contribution in [2.24, 2.45) is 0 Å². The molecule has 0 aliphatic carbocycles. The van der Waals surface area contributed by atoms with Gasteiger partial charge in [-0.2, -0.15) is 0 Å². The molecule has 3 amide bonds. The molecule has 25 heavy (non-hydrogen) atoms. The predicted octanol–water partition coefficient (Wildman–Crippen LogP) is 2.08. The molecule has 2 aromatic carbocycles. The van der Waals surface area contributed by atoms with Crippen molar-refractivity contribution in [2.75, 3.05) is 17.2 Å². The van der Waals surface area contributed by atoms with E-state index in [0.717, 1.165) is 0 Å². The van der Waals surface area contributed by atoms with Crippen LogP contribution in [0.5, 0.6) is 0 Å². The molecule has 0 saturated heterocycles. The molecule has 0 aliphatic heterocycles. The number of nitrogens with one attached hydrogen (secondary N) is 3. The van der Waals surface area contributed by atoms with Crippen LogP contribution in [0.25, 0.3) is 0 Å². The van der Waals surface area contributed by atoms with Crippen molar-refractivity contribution < 1.29 is 18.8 Å². The summed E-state index contributed by atoms with van der Waals surface area (Å²) in [4.78, 5) is 34.5. The lowest BCUT2D eigenvalue weighted by Gasteiger charge is -2.08. The minimum atomic E-state index is -0.375. The summed E-state index contributed by atoms with van der Waals surface area (Å²) in [6, 6.07) is 12.2. The first-order valence-corrected chi connectivity index (χ1v) is 7.61. The quantitative estimate of drug-likeness (QED) is 0.750. The van der Waals surface area contributed by atoms with E-state index in [2.05, 4.69) is 16.0 Å². The zero-order valence-electron chi connectivity index (χ0n) is 13.6. The fourth-order valence-electron chi connectivity index (χ4n) is 2.07. The zero-order chi connectivity index (χ0) is 18.2. The summed E-state index contributed by atoms with van der Waals surface area (Å²) in [5.41, 5.74) is 1.83. The fraction of sp³-hybridized carbons (Fsp3) is 0.167. The molecule has 0 spiro atoms. The second kappa shape index (κ2) is 8.58. The largest absolute Gasteiger partial charge is 0.347 e. The maximum absolute atomic E-state index is 12.8. The summed E-state index contributed by atoms with van der Waals surface area (Å²) in [5, 5.41) is 7.75. The molecular weight excluding hydrogens is 325 g/mol. The van der Waals surface area contributed by atoms with Crippen LogP contribution >= 0.6 is 0 Å². The van der Waals surface area contributed by atoms with Crippen LogP contribution in [0, 0.1) is 5.82 Å². The van der Waals surface area contributed by atoms with Gasteiger partial charge in [0.15, 0.2) is 0 Å². The summed E-state index contributed by atoms with van der Waals surface area (Å²) in [5.74, 6) is -1.25. The van der Waals surface area contributed by atoms with Gasteiger partial charge in [0.1, 0.15) is 5.82 Å². The standard InChI is InChI=1S/C18H18FN3O3/c1-12(23)21-15-6-8-16(9-7-15)22-18(25)11-20-17(24)10-13-2-4-14(19)5-3-13/h2-9H,10-11H2,1H3,(H,20,24)(H,21,23)(H,22,25). The third kappa shape index (κ3) is 6.42. The average molecular weight is 343 g/mol. The van der Waals surface area contributed by atoms with E-state index in [4.69, 9.17) is 0 Å². The lowest BCUT2D eigenvalue weighted by atomic mass is 10.1. The van der Waals surface area contributed by atoms with E-state index in [1.54, 1.807) is 24.3 Å². The van der Waals surface area contributed by atoms with Crippen LogP contribution in [0.15, 0.2) is 48.5 Å². The highest BCUT2D eigenvalue weighted by atomic mass is 19.1. The van der Waals surface area contributed by atoms with Crippen LogP contribution in [-0.2, 0) is 20.8 Å². The third-order valence-corrected chi connectivity index (χ3v) is 3.21. The molecule has 0 radical (unpaired) electrons. The van der Waals surface area contributed by atoms with Crippen molar-refractivity contribution in [3.8, 4) is 0 Å². The van der Waals surface area contributed by atoms with Crippen molar-refractivity contribution in [1.29, 1.82) is 0 Å². The maximum Gasteiger partial charge on any atom is 0.243 e. The van der Waals surface area contributed by atoms with Crippen molar-refractivity contribution >= 4 is 29.1 Å². The smallest absolute Gasteiger partial charge is 0.243 e. The Labute approximate surface area is 144 Å². The van der Waals surface area contributed by atoms with Gasteiger partial charge in [-0.1, -0.05) is 12.1 Å². The van der Waals surface area contributed by atoms with E-state index in [1.807, 2.05) is 0 Å². The van der Waals surface area contributed by atoms with Gasteiger partial charge >= 0.3 is 0 Å². The van der Waals surface area contributed by atoms with Gasteiger partial charge in [-0.3, -0.25) is 14.4 Å². The van der Waals surface area contributed by atoms with Gasteiger partial charge in [0.05, 0.1) is 13.0 Å². The van der Waals surface area contributed by atoms with Gasteiger partial charge in [0, 0.05) is 18.3 Å². The van der Waals surface area contributed by atoms with Crippen molar-refractivity contribution in [2.45, 2.75) is 13.3 Å². The zero-order valence-corrected chi connectivity index (χ0v) is 13.6. The summed E-state index contributed by atoms with van der Waals surface area (Å²) in [7, 11) is 0. The Bertz CT molecular complexity index is 758. The first kappa shape index (κ1) is 18.1. The van der Waals surface area contributed by atoms with E-state index in [0.29, 0.717) is 16.9 Å². The molecule has 2 aromatic rings. The van der Waals surface area contributed by atoms with Gasteiger partial charge in [0.25, 0.3) is 0 Å². The van der Waals surface area contributed by atoms with Crippen LogP contribution in [0.1, 0.15) is 12.5 Å². The van der Waals surface area contributed by atoms with E-state index < -0.39 is 0 Å². The number of carbonyl (C=O) groups is 3. The Morgan fingerprint density at radius 1 is 0.840 bits per heavy atom. The van der Waals surface area contributed by atoms with Gasteiger partial charge < -0.3 is 16.0 Å². The highest BCUT2D eigenvalue weighted by molar-refractivity contribution is 5.95. The van der Waals surface area contributed by atoms with E-state index in [-0.39, 0.29) is 36.5 Å². The van der Waals surface area contributed by atoms with E-state index >= 15 is 0 Å². The van der Waals surface area contributed by atoms with Gasteiger partial charge in [-0.15, -0.1) is 0 Å². The summed E-state index contributed by atoms with van der Waals surface area (Å²) in [6.07, 6.45) is 0.0684. The van der Waals surface area contributed by atoms with Crippen LogP contribution in [0.3, 0.4) is 0 Å². The molecule has 0 unspecified atom stereocenters. The number of amides is 3. The monoisotopic (exact) mass is 343 g/mol. The molecule has 2 rings (SSSR count). The second-order valence-electron chi connectivity index (χ2n) is 5.39. The lowest BCUT2D eigenvalue weighted by Crippen LogP contribution is -2.33. The number of hydrogen-bond donors (Lipinski definition) is 3. The van der Waals surface area contributed by atoms with Gasteiger partial charge in [-0.25, -0.2) is 4.39 Å². The van der Waals surface area contributed by atoms with Crippen molar-refractivity contribution in [3.05, 3.63) is 59.9 Å². The van der Waals surface area contributed by atoms with Crippen LogP contribution in [0.2, 0.25) is 0 Å². The molecule has 0 fully saturated rings. The number of rotatable bonds is 6. The average Bonchev–Trinajstić information content (AvgIpc) is 2.56. The molecule has 0 bridgehead atoms. The normalized spacial score (nSPS) is 10.0. The predicted molar refractivity (Wildman–Crippen MR) is 92.5 cm³/mol. The number of hydrogen-bond acceptors (Lipinski definition) is 3. The van der Waals surface area contributed by atoms with Crippen LogP contribution in [0.4, 0.5) is 15.8 Å². The number of anilines is 2. The SMILES string of the molecule is CC(=O)Nc1ccc(NC(=O)CNC(=O)Cc2ccc(F)cc2)cc1. The Morgan fingerprint density at radius 3 is 1.96 bits per heavy atom. The minimum absolute atomic E-state index is 0.0684.